The van der Waals surface area contributed by atoms with E-state index >= 15 is 0 Å². The SMILES string of the molecule is CCCCCCn1c(=O)c(OC/C=C(\C)CCC=C(C)C)c(OC/C=C(\C)CCC=C(C)C)c2ccc(O)cc21. The molecule has 0 radical (unpaired) electrons. The van der Waals surface area contributed by atoms with Gasteiger partial charge in [0.25, 0.3) is 5.56 Å². The molecule has 220 valence electrons. The normalized spacial score (nSPS) is 12.0. The molecule has 0 unspecified atom stereocenters. The zero-order valence-corrected chi connectivity index (χ0v) is 25.9. The zero-order valence-electron chi connectivity index (χ0n) is 25.9. The lowest BCUT2D eigenvalue weighted by molar-refractivity contribution is 0.303. The van der Waals surface area contributed by atoms with Crippen molar-refractivity contribution in [2.24, 2.45) is 0 Å². The summed E-state index contributed by atoms with van der Waals surface area (Å²) in [4.78, 5) is 13.8. The van der Waals surface area contributed by atoms with Crippen LogP contribution in [0.3, 0.4) is 0 Å². The molecule has 0 saturated heterocycles. The van der Waals surface area contributed by atoms with Crippen molar-refractivity contribution in [3.05, 3.63) is 75.1 Å². The maximum atomic E-state index is 13.8. The summed E-state index contributed by atoms with van der Waals surface area (Å²) in [5.41, 5.74) is 5.54. The number of fused-ring (bicyclic) bond motifs is 1. The lowest BCUT2D eigenvalue weighted by atomic mass is 10.1. The van der Waals surface area contributed by atoms with Gasteiger partial charge in [-0.25, -0.2) is 0 Å². The third kappa shape index (κ3) is 11.1. The Labute approximate surface area is 241 Å². The van der Waals surface area contributed by atoms with E-state index in [1.165, 1.54) is 22.3 Å². The first-order valence-corrected chi connectivity index (χ1v) is 14.9. The van der Waals surface area contributed by atoms with Gasteiger partial charge in [0.15, 0.2) is 5.75 Å². The first kappa shape index (κ1) is 33.0. The van der Waals surface area contributed by atoms with Gasteiger partial charge in [0, 0.05) is 18.0 Å². The summed E-state index contributed by atoms with van der Waals surface area (Å²) in [6.07, 6.45) is 16.6. The van der Waals surface area contributed by atoms with Crippen LogP contribution in [-0.4, -0.2) is 22.9 Å². The van der Waals surface area contributed by atoms with Crippen LogP contribution in [0.4, 0.5) is 0 Å². The van der Waals surface area contributed by atoms with Gasteiger partial charge in [-0.1, -0.05) is 60.6 Å². The molecule has 1 N–H and O–H groups in total. The van der Waals surface area contributed by atoms with E-state index < -0.39 is 0 Å². The van der Waals surface area contributed by atoms with E-state index in [2.05, 4.69) is 66.7 Å². The van der Waals surface area contributed by atoms with Gasteiger partial charge in [0.1, 0.15) is 19.0 Å². The van der Waals surface area contributed by atoms with E-state index in [1.807, 2.05) is 12.1 Å². The number of rotatable bonds is 17. The molecule has 0 aliphatic rings. The fraction of sp³-hybridized carbons (Fsp3) is 0.514. The average Bonchev–Trinajstić information content (AvgIpc) is 2.89. The van der Waals surface area contributed by atoms with Crippen LogP contribution in [0.1, 0.15) is 99.8 Å². The number of unbranched alkanes of at least 4 members (excludes halogenated alkanes) is 3. The molecule has 0 aliphatic carbocycles. The fourth-order valence-electron chi connectivity index (χ4n) is 4.49. The van der Waals surface area contributed by atoms with Crippen molar-refractivity contribution >= 4 is 10.9 Å². The second kappa shape index (κ2) is 17.5. The van der Waals surface area contributed by atoms with E-state index in [0.717, 1.165) is 56.8 Å². The topological polar surface area (TPSA) is 60.7 Å². The molecule has 1 aromatic heterocycles. The minimum atomic E-state index is -0.218. The molecule has 0 fully saturated rings. The number of aromatic nitrogens is 1. The lowest BCUT2D eigenvalue weighted by Gasteiger charge is -2.18. The molecule has 1 aromatic carbocycles. The maximum Gasteiger partial charge on any atom is 0.297 e. The summed E-state index contributed by atoms with van der Waals surface area (Å²) < 4.78 is 14.2. The second-order valence-corrected chi connectivity index (χ2v) is 11.2. The molecule has 5 nitrogen and oxygen atoms in total. The van der Waals surface area contributed by atoms with Crippen LogP contribution in [0.2, 0.25) is 0 Å². The maximum absolute atomic E-state index is 13.8. The van der Waals surface area contributed by atoms with Crippen molar-refractivity contribution in [3.8, 4) is 17.2 Å². The number of phenolic OH excluding ortho intramolecular Hbond substituents is 1. The monoisotopic (exact) mass is 549 g/mol. The summed E-state index contributed by atoms with van der Waals surface area (Å²) >= 11 is 0. The fourth-order valence-corrected chi connectivity index (χ4v) is 4.49. The molecule has 1 heterocycles. The highest BCUT2D eigenvalue weighted by Crippen LogP contribution is 2.35. The van der Waals surface area contributed by atoms with E-state index in [4.69, 9.17) is 9.47 Å². The van der Waals surface area contributed by atoms with Crippen LogP contribution in [0.25, 0.3) is 10.9 Å². The van der Waals surface area contributed by atoms with Crippen LogP contribution in [0, 0.1) is 0 Å². The summed E-state index contributed by atoms with van der Waals surface area (Å²) in [6, 6.07) is 5.11. The van der Waals surface area contributed by atoms with Crippen LogP contribution < -0.4 is 15.0 Å². The Morgan fingerprint density at radius 1 is 0.800 bits per heavy atom. The molecule has 2 aromatic rings. The quantitative estimate of drug-likeness (QED) is 0.158. The third-order valence-corrected chi connectivity index (χ3v) is 6.90. The molecular formula is C35H51NO4. The molecule has 0 aliphatic heterocycles. The highest BCUT2D eigenvalue weighted by Gasteiger charge is 2.20. The third-order valence-electron chi connectivity index (χ3n) is 6.90. The second-order valence-electron chi connectivity index (χ2n) is 11.2. The first-order chi connectivity index (χ1) is 19.1. The minimum absolute atomic E-state index is 0.124. The number of benzene rings is 1. The molecule has 0 atom stereocenters. The van der Waals surface area contributed by atoms with Gasteiger partial charge in [-0.15, -0.1) is 0 Å². The number of aryl methyl sites for hydroxylation is 1. The van der Waals surface area contributed by atoms with Crippen molar-refractivity contribution in [1.29, 1.82) is 0 Å². The van der Waals surface area contributed by atoms with Gasteiger partial charge >= 0.3 is 0 Å². The van der Waals surface area contributed by atoms with Crippen molar-refractivity contribution < 1.29 is 14.6 Å². The lowest BCUT2D eigenvalue weighted by Crippen LogP contribution is -2.24. The summed E-state index contributed by atoms with van der Waals surface area (Å²) in [5, 5.41) is 11.0. The van der Waals surface area contributed by atoms with Gasteiger partial charge in [0.05, 0.1) is 5.52 Å². The number of pyridine rings is 1. The van der Waals surface area contributed by atoms with Gasteiger partial charge in [-0.05, 0) is 97.9 Å². The van der Waals surface area contributed by atoms with Crippen molar-refractivity contribution in [1.82, 2.24) is 4.57 Å². The first-order valence-electron chi connectivity index (χ1n) is 14.9. The molecule has 0 spiro atoms. The molecule has 5 heteroatoms. The zero-order chi connectivity index (χ0) is 29.5. The van der Waals surface area contributed by atoms with Crippen molar-refractivity contribution in [2.75, 3.05) is 13.2 Å². The summed E-state index contributed by atoms with van der Waals surface area (Å²) in [5.74, 6) is 0.796. The van der Waals surface area contributed by atoms with E-state index in [9.17, 15) is 9.90 Å². The minimum Gasteiger partial charge on any atom is -0.508 e. The summed E-state index contributed by atoms with van der Waals surface area (Å²) in [7, 11) is 0. The molecule has 0 saturated carbocycles. The Morgan fingerprint density at radius 3 is 1.93 bits per heavy atom. The Bertz CT molecular complexity index is 1270. The molecule has 0 amide bonds. The van der Waals surface area contributed by atoms with E-state index in [-0.39, 0.29) is 17.1 Å². The van der Waals surface area contributed by atoms with Crippen LogP contribution in [0.5, 0.6) is 17.2 Å². The molecule has 2 rings (SSSR count). The number of phenols is 1. The smallest absolute Gasteiger partial charge is 0.297 e. The number of hydrogen-bond donors (Lipinski definition) is 1. The number of aromatic hydroxyl groups is 1. The van der Waals surface area contributed by atoms with Crippen LogP contribution >= 0.6 is 0 Å². The highest BCUT2D eigenvalue weighted by molar-refractivity contribution is 5.89. The Kier molecular flexibility index (Phi) is 14.4. The predicted molar refractivity (Wildman–Crippen MR) is 170 cm³/mol. The predicted octanol–water partition coefficient (Wildman–Crippen LogP) is 9.43. The standard InChI is InChI=1S/C35H51NO4/c1-8-9-10-11-22-36-32-25-30(37)18-19-31(32)33(39-23-20-28(6)16-12-14-26(2)3)34(35(36)38)40-24-21-29(7)17-13-15-27(4)5/h14-15,18-21,25,37H,8-13,16-17,22-24H2,1-7H3/b28-20+,29-21+. The van der Waals surface area contributed by atoms with Gasteiger partial charge < -0.3 is 19.1 Å². The van der Waals surface area contributed by atoms with Gasteiger partial charge in [-0.2, -0.15) is 0 Å². The summed E-state index contributed by atoms with van der Waals surface area (Å²) in [6.45, 7) is 16.0. The van der Waals surface area contributed by atoms with Gasteiger partial charge in [0.2, 0.25) is 5.75 Å². The van der Waals surface area contributed by atoms with E-state index in [1.54, 1.807) is 16.7 Å². The number of ether oxygens (including phenoxy) is 2. The number of nitrogens with zero attached hydrogens (tertiary/aromatic N) is 1. The van der Waals surface area contributed by atoms with Crippen LogP contribution in [-0.2, 0) is 6.54 Å². The Morgan fingerprint density at radius 2 is 1.38 bits per heavy atom. The van der Waals surface area contributed by atoms with E-state index in [0.29, 0.717) is 31.0 Å². The highest BCUT2D eigenvalue weighted by atomic mass is 16.5. The number of hydrogen-bond acceptors (Lipinski definition) is 4. The Hall–Kier alpha value is -3.21. The number of allylic oxidation sites excluding steroid dienone is 6. The van der Waals surface area contributed by atoms with Crippen molar-refractivity contribution in [2.45, 2.75) is 106 Å². The van der Waals surface area contributed by atoms with Crippen molar-refractivity contribution in [3.63, 3.8) is 0 Å². The molecule has 40 heavy (non-hydrogen) atoms. The van der Waals surface area contributed by atoms with Crippen LogP contribution in [0.15, 0.2) is 69.6 Å². The average molecular weight is 550 g/mol. The Balaban J connectivity index is 2.42. The molecule has 0 bridgehead atoms. The largest absolute Gasteiger partial charge is 0.508 e. The van der Waals surface area contributed by atoms with Gasteiger partial charge in [-0.3, -0.25) is 4.79 Å². The molecular weight excluding hydrogens is 498 g/mol.